The van der Waals surface area contributed by atoms with E-state index in [4.69, 9.17) is 11.6 Å². The number of carbonyl (C=O) groups is 1. The summed E-state index contributed by atoms with van der Waals surface area (Å²) in [4.78, 5) is 35.9. The first kappa shape index (κ1) is 21.1. The van der Waals surface area contributed by atoms with Gasteiger partial charge in [0.05, 0.1) is 5.69 Å². The highest BCUT2D eigenvalue weighted by atomic mass is 35.5. The van der Waals surface area contributed by atoms with Gasteiger partial charge < -0.3 is 10.3 Å². The molecule has 146 valence electrons. The van der Waals surface area contributed by atoms with Crippen molar-refractivity contribution in [3.05, 3.63) is 91.2 Å². The van der Waals surface area contributed by atoms with Gasteiger partial charge >= 0.3 is 0 Å². The third-order valence-corrected chi connectivity index (χ3v) is 4.00. The molecule has 1 amide bonds. The van der Waals surface area contributed by atoms with Crippen molar-refractivity contribution in [3.63, 3.8) is 0 Å². The van der Waals surface area contributed by atoms with Crippen molar-refractivity contribution in [3.8, 4) is 0 Å². The zero-order valence-electron chi connectivity index (χ0n) is 15.6. The minimum Gasteiger partial charge on any atom is -0.329 e. The van der Waals surface area contributed by atoms with Crippen molar-refractivity contribution in [1.82, 2.24) is 14.8 Å². The normalized spacial score (nSPS) is 9.96. The molecule has 3 rings (SSSR count). The van der Waals surface area contributed by atoms with Crippen LogP contribution in [0.25, 0.3) is 0 Å². The minimum absolute atomic E-state index is 0.104. The van der Waals surface area contributed by atoms with Gasteiger partial charge in [0.15, 0.2) is 0 Å². The van der Waals surface area contributed by atoms with Crippen LogP contribution in [0.1, 0.15) is 23.9 Å². The van der Waals surface area contributed by atoms with Gasteiger partial charge in [-0.1, -0.05) is 17.7 Å². The van der Waals surface area contributed by atoms with Gasteiger partial charge in [0.2, 0.25) is 12.0 Å². The average Bonchev–Trinajstić information content (AvgIpc) is 2.67. The molecule has 2 N–H and O–H groups in total. The fourth-order valence-electron chi connectivity index (χ4n) is 2.50. The minimum atomic E-state index is -0.158. The van der Waals surface area contributed by atoms with Crippen LogP contribution >= 0.6 is 11.6 Å². The van der Waals surface area contributed by atoms with Crippen LogP contribution in [0.4, 0.5) is 5.69 Å². The second-order valence-electron chi connectivity index (χ2n) is 5.92. The quantitative estimate of drug-likeness (QED) is 0.643. The monoisotopic (exact) mass is 400 g/mol. The summed E-state index contributed by atoms with van der Waals surface area (Å²) in [5.41, 5.74) is 2.66. The number of aryl methyl sites for hydroxylation is 2. The Morgan fingerprint density at radius 2 is 1.89 bits per heavy atom. The Morgan fingerprint density at radius 1 is 1.18 bits per heavy atom. The Morgan fingerprint density at radius 3 is 2.50 bits per heavy atom. The molecule has 0 radical (unpaired) electrons. The molecular formula is C20H21ClN4O3. The van der Waals surface area contributed by atoms with Crippen molar-refractivity contribution in [1.29, 1.82) is 0 Å². The van der Waals surface area contributed by atoms with Gasteiger partial charge in [0.25, 0.3) is 5.56 Å². The summed E-state index contributed by atoms with van der Waals surface area (Å²) < 4.78 is 1.44. The van der Waals surface area contributed by atoms with E-state index in [2.05, 4.69) is 15.4 Å². The number of hydrogen-bond donors (Lipinski definition) is 2. The predicted molar refractivity (Wildman–Crippen MR) is 110 cm³/mol. The van der Waals surface area contributed by atoms with Crippen molar-refractivity contribution in [2.45, 2.75) is 26.8 Å². The first-order valence-corrected chi connectivity index (χ1v) is 9.02. The van der Waals surface area contributed by atoms with Gasteiger partial charge in [-0.25, -0.2) is 4.68 Å². The number of aromatic amines is 1. The van der Waals surface area contributed by atoms with Crippen molar-refractivity contribution in [2.24, 2.45) is 0 Å². The molecule has 2 heterocycles. The summed E-state index contributed by atoms with van der Waals surface area (Å²) in [6, 6.07) is 13.6. The lowest BCUT2D eigenvalue weighted by Crippen LogP contribution is -2.26. The predicted octanol–water partition coefficient (Wildman–Crippen LogP) is 2.76. The summed E-state index contributed by atoms with van der Waals surface area (Å²) in [6.45, 7) is 4.27. The van der Waals surface area contributed by atoms with Gasteiger partial charge in [-0.05, 0) is 50.2 Å². The third kappa shape index (κ3) is 6.21. The average molecular weight is 401 g/mol. The second kappa shape index (κ2) is 10.2. The van der Waals surface area contributed by atoms with E-state index in [1.54, 1.807) is 42.5 Å². The van der Waals surface area contributed by atoms with Crippen LogP contribution in [-0.2, 0) is 17.8 Å². The number of nitrogens with one attached hydrogen (secondary N) is 2. The van der Waals surface area contributed by atoms with Crippen LogP contribution < -0.4 is 16.4 Å². The molecule has 7 nitrogen and oxygen atoms in total. The van der Waals surface area contributed by atoms with Crippen molar-refractivity contribution >= 4 is 23.7 Å². The number of halogens is 1. The lowest BCUT2D eigenvalue weighted by Gasteiger charge is -2.06. The summed E-state index contributed by atoms with van der Waals surface area (Å²) in [6.07, 6.45) is 1.04. The van der Waals surface area contributed by atoms with Crippen LogP contribution in [0.15, 0.2) is 58.1 Å². The van der Waals surface area contributed by atoms with E-state index in [0.717, 1.165) is 17.1 Å². The largest absolute Gasteiger partial charge is 0.329 e. The molecule has 0 spiro atoms. The summed E-state index contributed by atoms with van der Waals surface area (Å²) in [5.74, 6) is 0. The van der Waals surface area contributed by atoms with Crippen molar-refractivity contribution in [2.75, 3.05) is 5.32 Å². The molecule has 0 aliphatic heterocycles. The zero-order valence-corrected chi connectivity index (χ0v) is 16.4. The molecule has 3 aromatic rings. The molecule has 0 aliphatic rings. The number of H-pyrrole nitrogens is 1. The maximum absolute atomic E-state index is 12.0. The molecule has 1 aromatic carbocycles. The Balaban J connectivity index is 0.000000237. The summed E-state index contributed by atoms with van der Waals surface area (Å²) >= 11 is 5.60. The van der Waals surface area contributed by atoms with E-state index in [-0.39, 0.29) is 11.1 Å². The first-order valence-electron chi connectivity index (χ1n) is 8.64. The molecular weight excluding hydrogens is 380 g/mol. The summed E-state index contributed by atoms with van der Waals surface area (Å²) in [7, 11) is 0. The lowest BCUT2D eigenvalue weighted by atomic mass is 10.1. The number of anilines is 1. The SMILES string of the molecule is CCn1nc(C)cc(Cc2cccc(=O)[nH]2)c1=O.O=CNc1ccc(Cl)cc1. The van der Waals surface area contributed by atoms with E-state index >= 15 is 0 Å². The molecule has 0 unspecified atom stereocenters. The third-order valence-electron chi connectivity index (χ3n) is 3.75. The molecule has 2 aromatic heterocycles. The van der Waals surface area contributed by atoms with E-state index in [9.17, 15) is 14.4 Å². The highest BCUT2D eigenvalue weighted by Gasteiger charge is 2.06. The fourth-order valence-corrected chi connectivity index (χ4v) is 2.63. The maximum atomic E-state index is 12.0. The van der Waals surface area contributed by atoms with Gasteiger partial charge in [0.1, 0.15) is 0 Å². The Bertz CT molecular complexity index is 1040. The number of nitrogens with zero attached hydrogens (tertiary/aromatic N) is 2. The Hall–Kier alpha value is -3.19. The van der Waals surface area contributed by atoms with Gasteiger partial charge in [0, 0.05) is 41.0 Å². The smallest absolute Gasteiger partial charge is 0.270 e. The molecule has 0 aliphatic carbocycles. The van der Waals surface area contributed by atoms with E-state index in [1.165, 1.54) is 10.7 Å². The van der Waals surface area contributed by atoms with Gasteiger partial charge in [-0.2, -0.15) is 5.10 Å². The number of pyridine rings is 1. The van der Waals surface area contributed by atoms with Crippen LogP contribution in [0, 0.1) is 6.92 Å². The van der Waals surface area contributed by atoms with E-state index in [1.807, 2.05) is 13.8 Å². The van der Waals surface area contributed by atoms with Crippen LogP contribution in [-0.4, -0.2) is 21.2 Å². The number of rotatable bonds is 5. The molecule has 0 atom stereocenters. The molecule has 8 heteroatoms. The number of hydrogen-bond acceptors (Lipinski definition) is 4. The molecule has 0 saturated heterocycles. The molecule has 0 fully saturated rings. The van der Waals surface area contributed by atoms with Gasteiger partial charge in [-0.15, -0.1) is 0 Å². The van der Waals surface area contributed by atoms with Gasteiger partial charge in [-0.3, -0.25) is 14.4 Å². The number of benzene rings is 1. The second-order valence-corrected chi connectivity index (χ2v) is 6.35. The standard InChI is InChI=1S/C13H15N3O2.C7H6ClNO/c1-3-16-13(18)10(7-9(2)15-16)8-11-5-4-6-12(17)14-11;8-6-1-3-7(4-2-6)9-5-10/h4-7H,3,8H2,1-2H3,(H,14,17);1-5H,(H,9,10). The number of amides is 1. The van der Waals surface area contributed by atoms with Crippen LogP contribution in [0.3, 0.4) is 0 Å². The Kier molecular flexibility index (Phi) is 7.71. The topological polar surface area (TPSA) is 96.8 Å². The number of carbonyl (C=O) groups excluding carboxylic acids is 1. The molecule has 0 saturated carbocycles. The Labute approximate surface area is 167 Å². The van der Waals surface area contributed by atoms with Crippen molar-refractivity contribution < 1.29 is 4.79 Å². The molecule has 0 bridgehead atoms. The van der Waals surface area contributed by atoms with Crippen LogP contribution in [0.2, 0.25) is 5.02 Å². The first-order chi connectivity index (χ1) is 13.4. The zero-order chi connectivity index (χ0) is 20.5. The van der Waals surface area contributed by atoms with Crippen LogP contribution in [0.5, 0.6) is 0 Å². The highest BCUT2D eigenvalue weighted by Crippen LogP contribution is 2.12. The fraction of sp³-hybridized carbons (Fsp3) is 0.200. The number of aromatic nitrogens is 3. The van der Waals surface area contributed by atoms with E-state index < -0.39 is 0 Å². The highest BCUT2D eigenvalue weighted by molar-refractivity contribution is 6.30. The summed E-state index contributed by atoms with van der Waals surface area (Å²) in [5, 5.41) is 7.30. The maximum Gasteiger partial charge on any atom is 0.270 e. The lowest BCUT2D eigenvalue weighted by molar-refractivity contribution is -0.105. The molecule has 28 heavy (non-hydrogen) atoms. The van der Waals surface area contributed by atoms with E-state index in [0.29, 0.717) is 30.0 Å².